The fraction of sp³-hybridized carbons (Fsp3) is 0.0769. The third-order valence-electron chi connectivity index (χ3n) is 2.18. The van der Waals surface area contributed by atoms with Gasteiger partial charge >= 0.3 is 0 Å². The maximum Gasteiger partial charge on any atom is 0.146 e. The zero-order valence-corrected chi connectivity index (χ0v) is 10.1. The minimum atomic E-state index is 0.559. The van der Waals surface area contributed by atoms with Crippen molar-refractivity contribution in [2.45, 2.75) is 4.90 Å². The summed E-state index contributed by atoms with van der Waals surface area (Å²) in [6.07, 6.45) is 5.23. The Morgan fingerprint density at radius 3 is 2.82 bits per heavy atom. The number of hydrogen-bond donors (Lipinski definition) is 0. The van der Waals surface area contributed by atoms with Gasteiger partial charge in [-0.3, -0.25) is 4.98 Å². The van der Waals surface area contributed by atoms with Gasteiger partial charge in [-0.1, -0.05) is 6.07 Å². The van der Waals surface area contributed by atoms with Crippen LogP contribution >= 0.6 is 11.8 Å². The summed E-state index contributed by atoms with van der Waals surface area (Å²) in [4.78, 5) is 4.88. The molecule has 0 aliphatic carbocycles. The molecule has 0 saturated heterocycles. The molecule has 0 spiro atoms. The van der Waals surface area contributed by atoms with E-state index < -0.39 is 0 Å². The second-order valence-corrected chi connectivity index (χ2v) is 4.08. The minimum Gasteiger partial charge on any atom is -0.454 e. The lowest BCUT2D eigenvalue weighted by atomic mass is 10.2. The van der Waals surface area contributed by atoms with Crippen molar-refractivity contribution in [1.29, 1.82) is 5.26 Å². The number of nitriles is 1. The van der Waals surface area contributed by atoms with Gasteiger partial charge in [0.2, 0.25) is 0 Å². The number of pyridine rings is 1. The summed E-state index contributed by atoms with van der Waals surface area (Å²) in [5.41, 5.74) is 0.559. The largest absolute Gasteiger partial charge is 0.454 e. The maximum absolute atomic E-state index is 9.15. The smallest absolute Gasteiger partial charge is 0.146 e. The monoisotopic (exact) mass is 242 g/mol. The van der Waals surface area contributed by atoms with Gasteiger partial charge in [0.25, 0.3) is 0 Å². The topological polar surface area (TPSA) is 45.9 Å². The zero-order valence-electron chi connectivity index (χ0n) is 9.25. The van der Waals surface area contributed by atoms with Crippen LogP contribution in [0.1, 0.15) is 5.56 Å². The van der Waals surface area contributed by atoms with Crippen molar-refractivity contribution in [2.75, 3.05) is 6.26 Å². The van der Waals surface area contributed by atoms with Gasteiger partial charge in [-0.15, -0.1) is 11.8 Å². The highest BCUT2D eigenvalue weighted by molar-refractivity contribution is 7.98. The van der Waals surface area contributed by atoms with E-state index in [-0.39, 0.29) is 0 Å². The average molecular weight is 242 g/mol. The van der Waals surface area contributed by atoms with Crippen molar-refractivity contribution in [3.05, 3.63) is 48.3 Å². The summed E-state index contributed by atoms with van der Waals surface area (Å²) in [5, 5.41) is 9.15. The first-order valence-electron chi connectivity index (χ1n) is 5.00. The van der Waals surface area contributed by atoms with E-state index in [1.54, 1.807) is 30.6 Å². The predicted molar refractivity (Wildman–Crippen MR) is 67.2 cm³/mol. The highest BCUT2D eigenvalue weighted by atomic mass is 32.2. The number of ether oxygens (including phenoxy) is 1. The van der Waals surface area contributed by atoms with Gasteiger partial charge in [-0.05, 0) is 30.5 Å². The molecule has 0 fully saturated rings. The normalized spacial score (nSPS) is 9.65. The van der Waals surface area contributed by atoms with Crippen LogP contribution < -0.4 is 4.74 Å². The van der Waals surface area contributed by atoms with E-state index in [4.69, 9.17) is 10.00 Å². The number of rotatable bonds is 3. The molecule has 3 nitrogen and oxygen atoms in total. The first kappa shape index (κ1) is 11.5. The fourth-order valence-electron chi connectivity index (χ4n) is 1.41. The van der Waals surface area contributed by atoms with Gasteiger partial charge in [0, 0.05) is 11.1 Å². The molecular weight excluding hydrogens is 232 g/mol. The van der Waals surface area contributed by atoms with Crippen LogP contribution in [0.3, 0.4) is 0 Å². The van der Waals surface area contributed by atoms with Crippen LogP contribution in [-0.2, 0) is 0 Å². The van der Waals surface area contributed by atoms with Crippen LogP contribution in [0.15, 0.2) is 47.6 Å². The van der Waals surface area contributed by atoms with Gasteiger partial charge in [0.1, 0.15) is 23.1 Å². The molecule has 0 unspecified atom stereocenters. The Morgan fingerprint density at radius 2 is 2.18 bits per heavy atom. The highest BCUT2D eigenvalue weighted by Gasteiger charge is 2.09. The lowest BCUT2D eigenvalue weighted by Crippen LogP contribution is -1.90. The molecule has 0 N–H and O–H groups in total. The average Bonchev–Trinajstić information content (AvgIpc) is 2.39. The standard InChI is InChI=1S/C13H10N2OS/c1-17-13-6-2-5-12(11(13)8-14)16-10-4-3-7-15-9-10/h2-7,9H,1H3. The lowest BCUT2D eigenvalue weighted by molar-refractivity contribution is 0.477. The summed E-state index contributed by atoms with van der Waals surface area (Å²) < 4.78 is 5.64. The molecule has 0 bridgehead atoms. The van der Waals surface area contributed by atoms with Crippen LogP contribution in [0.2, 0.25) is 0 Å². The van der Waals surface area contributed by atoms with E-state index in [9.17, 15) is 0 Å². The van der Waals surface area contributed by atoms with Crippen LogP contribution in [0.4, 0.5) is 0 Å². The molecule has 0 radical (unpaired) electrons. The molecule has 17 heavy (non-hydrogen) atoms. The molecule has 0 atom stereocenters. The zero-order chi connectivity index (χ0) is 12.1. The number of thioether (sulfide) groups is 1. The van der Waals surface area contributed by atoms with Crippen molar-refractivity contribution in [1.82, 2.24) is 4.98 Å². The van der Waals surface area contributed by atoms with E-state index in [1.165, 1.54) is 11.8 Å². The minimum absolute atomic E-state index is 0.559. The van der Waals surface area contributed by atoms with Crippen molar-refractivity contribution in [2.24, 2.45) is 0 Å². The van der Waals surface area contributed by atoms with E-state index in [0.717, 1.165) is 4.90 Å². The molecule has 1 aromatic heterocycles. The predicted octanol–water partition coefficient (Wildman–Crippen LogP) is 3.47. The van der Waals surface area contributed by atoms with Crippen LogP contribution in [0, 0.1) is 11.3 Å². The lowest BCUT2D eigenvalue weighted by Gasteiger charge is -2.08. The second-order valence-electron chi connectivity index (χ2n) is 3.24. The van der Waals surface area contributed by atoms with E-state index in [0.29, 0.717) is 17.1 Å². The van der Waals surface area contributed by atoms with E-state index in [2.05, 4.69) is 11.1 Å². The Balaban J connectivity index is 2.37. The maximum atomic E-state index is 9.15. The highest BCUT2D eigenvalue weighted by Crippen LogP contribution is 2.30. The van der Waals surface area contributed by atoms with Crippen molar-refractivity contribution < 1.29 is 4.74 Å². The molecule has 2 aromatic rings. The Hall–Kier alpha value is -1.99. The van der Waals surface area contributed by atoms with Gasteiger partial charge in [0.05, 0.1) is 6.20 Å². The number of benzene rings is 1. The van der Waals surface area contributed by atoms with Crippen molar-refractivity contribution in [3.8, 4) is 17.6 Å². The van der Waals surface area contributed by atoms with Gasteiger partial charge in [-0.2, -0.15) is 5.26 Å². The molecule has 0 saturated carbocycles. The molecule has 84 valence electrons. The molecule has 0 amide bonds. The van der Waals surface area contributed by atoms with E-state index in [1.807, 2.05) is 18.4 Å². The number of aromatic nitrogens is 1. The van der Waals surface area contributed by atoms with Gasteiger partial charge < -0.3 is 4.74 Å². The Labute approximate surface area is 104 Å². The summed E-state index contributed by atoms with van der Waals surface area (Å²) in [7, 11) is 0. The first-order chi connectivity index (χ1) is 8.35. The molecule has 0 aliphatic rings. The van der Waals surface area contributed by atoms with Crippen molar-refractivity contribution >= 4 is 11.8 Å². The third-order valence-corrected chi connectivity index (χ3v) is 2.96. The summed E-state index contributed by atoms with van der Waals surface area (Å²) in [6.45, 7) is 0. The SMILES string of the molecule is CSc1cccc(Oc2cccnc2)c1C#N. The summed E-state index contributed by atoms with van der Waals surface area (Å²) in [6, 6.07) is 11.3. The molecular formula is C13H10N2OS. The van der Waals surface area contributed by atoms with Gasteiger partial charge in [0.15, 0.2) is 0 Å². The van der Waals surface area contributed by atoms with Crippen LogP contribution in [0.25, 0.3) is 0 Å². The number of nitrogens with zero attached hydrogens (tertiary/aromatic N) is 2. The molecule has 2 rings (SSSR count). The van der Waals surface area contributed by atoms with Gasteiger partial charge in [-0.25, -0.2) is 0 Å². The molecule has 4 heteroatoms. The van der Waals surface area contributed by atoms with Crippen LogP contribution in [-0.4, -0.2) is 11.2 Å². The number of hydrogen-bond acceptors (Lipinski definition) is 4. The summed E-state index contributed by atoms with van der Waals surface area (Å²) in [5.74, 6) is 1.19. The van der Waals surface area contributed by atoms with Crippen LogP contribution in [0.5, 0.6) is 11.5 Å². The fourth-order valence-corrected chi connectivity index (χ4v) is 1.98. The quantitative estimate of drug-likeness (QED) is 0.773. The Morgan fingerprint density at radius 1 is 1.29 bits per heavy atom. The molecule has 1 aromatic carbocycles. The van der Waals surface area contributed by atoms with E-state index >= 15 is 0 Å². The second kappa shape index (κ2) is 5.37. The van der Waals surface area contributed by atoms with Crippen molar-refractivity contribution in [3.63, 3.8) is 0 Å². The molecule has 0 aliphatic heterocycles. The Kier molecular flexibility index (Phi) is 3.63. The first-order valence-corrected chi connectivity index (χ1v) is 6.22. The third kappa shape index (κ3) is 2.58. The molecule has 1 heterocycles. The Bertz CT molecular complexity index is 549. The summed E-state index contributed by atoms with van der Waals surface area (Å²) >= 11 is 1.53.